The minimum Gasteiger partial charge on any atom is -0.267 e. The normalized spacial score (nSPS) is 10.6. The van der Waals surface area contributed by atoms with Gasteiger partial charge in [-0.1, -0.05) is 0 Å². The standard InChI is InChI=1S/C8H6IN3O/c1-12-8(13)5-2-3-7(9)11-6(5)4-10-12/h2-4H,1H3. The van der Waals surface area contributed by atoms with Crippen LogP contribution in [0.4, 0.5) is 0 Å². The van der Waals surface area contributed by atoms with Gasteiger partial charge in [0.25, 0.3) is 5.56 Å². The molecule has 2 heterocycles. The predicted molar refractivity (Wildman–Crippen MR) is 57.5 cm³/mol. The number of nitrogens with zero attached hydrogens (tertiary/aromatic N) is 3. The predicted octanol–water partition coefficient (Wildman–Crippen LogP) is 0.933. The molecule has 0 atom stereocenters. The summed E-state index contributed by atoms with van der Waals surface area (Å²) in [6.07, 6.45) is 1.60. The van der Waals surface area contributed by atoms with Gasteiger partial charge in [-0.25, -0.2) is 9.67 Å². The van der Waals surface area contributed by atoms with Gasteiger partial charge in [-0.2, -0.15) is 5.10 Å². The Labute approximate surface area is 87.7 Å². The highest BCUT2D eigenvalue weighted by Gasteiger charge is 2.01. The summed E-state index contributed by atoms with van der Waals surface area (Å²) >= 11 is 2.10. The molecule has 0 aliphatic carbocycles. The van der Waals surface area contributed by atoms with E-state index in [0.717, 1.165) is 3.70 Å². The molecule has 0 aliphatic rings. The zero-order chi connectivity index (χ0) is 9.42. The lowest BCUT2D eigenvalue weighted by molar-refractivity contribution is 0.717. The Balaban J connectivity index is 2.95. The molecule has 2 aromatic heterocycles. The van der Waals surface area contributed by atoms with Crippen molar-refractivity contribution in [2.45, 2.75) is 0 Å². The van der Waals surface area contributed by atoms with Crippen molar-refractivity contribution in [3.05, 3.63) is 32.4 Å². The van der Waals surface area contributed by atoms with E-state index in [1.165, 1.54) is 4.68 Å². The van der Waals surface area contributed by atoms with Crippen LogP contribution in [0.25, 0.3) is 10.9 Å². The molecule has 66 valence electrons. The van der Waals surface area contributed by atoms with Gasteiger partial charge in [0.1, 0.15) is 3.70 Å². The van der Waals surface area contributed by atoms with E-state index in [0.29, 0.717) is 10.9 Å². The molecule has 2 rings (SSSR count). The molecule has 0 aromatic carbocycles. The molecule has 0 saturated heterocycles. The van der Waals surface area contributed by atoms with E-state index in [-0.39, 0.29) is 5.56 Å². The molecule has 2 aromatic rings. The first-order valence-corrected chi connectivity index (χ1v) is 4.75. The van der Waals surface area contributed by atoms with Gasteiger partial charge in [0.05, 0.1) is 17.1 Å². The summed E-state index contributed by atoms with van der Waals surface area (Å²) in [6, 6.07) is 3.58. The molecule has 0 fully saturated rings. The first-order valence-electron chi connectivity index (χ1n) is 3.67. The summed E-state index contributed by atoms with van der Waals surface area (Å²) in [7, 11) is 1.62. The number of halogens is 1. The Bertz CT molecular complexity index is 520. The fraction of sp³-hybridized carbons (Fsp3) is 0.125. The average Bonchev–Trinajstić information content (AvgIpc) is 2.12. The maximum atomic E-state index is 11.5. The van der Waals surface area contributed by atoms with Crippen molar-refractivity contribution in [3.63, 3.8) is 0 Å². The lowest BCUT2D eigenvalue weighted by atomic mass is 10.3. The van der Waals surface area contributed by atoms with Crippen molar-refractivity contribution in [1.29, 1.82) is 0 Å². The molecular weight excluding hydrogens is 281 g/mol. The van der Waals surface area contributed by atoms with Crippen LogP contribution in [-0.2, 0) is 7.05 Å². The van der Waals surface area contributed by atoms with Crippen LogP contribution in [0.3, 0.4) is 0 Å². The van der Waals surface area contributed by atoms with E-state index in [1.807, 2.05) is 6.07 Å². The Morgan fingerprint density at radius 3 is 3.00 bits per heavy atom. The van der Waals surface area contributed by atoms with Crippen LogP contribution in [0.1, 0.15) is 0 Å². The summed E-state index contributed by atoms with van der Waals surface area (Å²) in [4.78, 5) is 15.7. The third-order valence-electron chi connectivity index (χ3n) is 1.77. The lowest BCUT2D eigenvalue weighted by Crippen LogP contribution is -2.19. The third kappa shape index (κ3) is 1.43. The number of pyridine rings is 1. The highest BCUT2D eigenvalue weighted by Crippen LogP contribution is 2.07. The molecule has 0 bridgehead atoms. The van der Waals surface area contributed by atoms with Gasteiger partial charge in [0.15, 0.2) is 0 Å². The van der Waals surface area contributed by atoms with Crippen molar-refractivity contribution in [2.24, 2.45) is 7.05 Å². The molecule has 0 radical (unpaired) electrons. The van der Waals surface area contributed by atoms with E-state index in [9.17, 15) is 4.79 Å². The Morgan fingerprint density at radius 1 is 1.46 bits per heavy atom. The van der Waals surface area contributed by atoms with E-state index < -0.39 is 0 Å². The second-order valence-electron chi connectivity index (χ2n) is 2.64. The third-order valence-corrected chi connectivity index (χ3v) is 2.37. The lowest BCUT2D eigenvalue weighted by Gasteiger charge is -1.98. The zero-order valence-electron chi connectivity index (χ0n) is 6.86. The Hall–Kier alpha value is -0.980. The maximum Gasteiger partial charge on any atom is 0.275 e. The SMILES string of the molecule is Cn1ncc2nc(I)ccc2c1=O. The largest absolute Gasteiger partial charge is 0.275 e. The fourth-order valence-corrected chi connectivity index (χ4v) is 1.54. The summed E-state index contributed by atoms with van der Waals surface area (Å²) in [5.74, 6) is 0. The van der Waals surface area contributed by atoms with Gasteiger partial charge in [-0.05, 0) is 34.7 Å². The Kier molecular flexibility index (Phi) is 2.03. The summed E-state index contributed by atoms with van der Waals surface area (Å²) in [6.45, 7) is 0. The zero-order valence-corrected chi connectivity index (χ0v) is 9.02. The molecule has 4 nitrogen and oxygen atoms in total. The number of hydrogen-bond acceptors (Lipinski definition) is 3. The van der Waals surface area contributed by atoms with Crippen LogP contribution >= 0.6 is 22.6 Å². The highest BCUT2D eigenvalue weighted by atomic mass is 127. The van der Waals surface area contributed by atoms with E-state index in [4.69, 9.17) is 0 Å². The van der Waals surface area contributed by atoms with Crippen LogP contribution < -0.4 is 5.56 Å². The molecule has 0 N–H and O–H groups in total. The van der Waals surface area contributed by atoms with Gasteiger partial charge in [0, 0.05) is 7.05 Å². The smallest absolute Gasteiger partial charge is 0.267 e. The Morgan fingerprint density at radius 2 is 2.23 bits per heavy atom. The van der Waals surface area contributed by atoms with Gasteiger partial charge >= 0.3 is 0 Å². The highest BCUT2D eigenvalue weighted by molar-refractivity contribution is 14.1. The van der Waals surface area contributed by atoms with Crippen LogP contribution in [0.2, 0.25) is 0 Å². The minimum atomic E-state index is -0.110. The molecule has 0 spiro atoms. The minimum absolute atomic E-state index is 0.110. The van der Waals surface area contributed by atoms with Gasteiger partial charge in [-0.15, -0.1) is 0 Å². The summed E-state index contributed by atoms with van der Waals surface area (Å²) in [5.41, 5.74) is 0.538. The fourth-order valence-electron chi connectivity index (χ4n) is 1.10. The molecular formula is C8H6IN3O. The van der Waals surface area contributed by atoms with Crippen molar-refractivity contribution in [2.75, 3.05) is 0 Å². The number of aromatic nitrogens is 3. The van der Waals surface area contributed by atoms with Gasteiger partial charge in [-0.3, -0.25) is 4.79 Å². The molecule has 0 saturated carbocycles. The molecule has 0 unspecified atom stereocenters. The van der Waals surface area contributed by atoms with Gasteiger partial charge in [0.2, 0.25) is 0 Å². The van der Waals surface area contributed by atoms with Crippen LogP contribution in [0.15, 0.2) is 23.1 Å². The molecule has 0 amide bonds. The quantitative estimate of drug-likeness (QED) is 0.535. The van der Waals surface area contributed by atoms with Crippen molar-refractivity contribution >= 4 is 33.5 Å². The van der Waals surface area contributed by atoms with Crippen molar-refractivity contribution in [1.82, 2.24) is 14.8 Å². The number of hydrogen-bond donors (Lipinski definition) is 0. The number of fused-ring (bicyclic) bond motifs is 1. The molecule has 0 aliphatic heterocycles. The monoisotopic (exact) mass is 287 g/mol. The topological polar surface area (TPSA) is 47.8 Å². The van der Waals surface area contributed by atoms with E-state index >= 15 is 0 Å². The van der Waals surface area contributed by atoms with Crippen molar-refractivity contribution < 1.29 is 0 Å². The van der Waals surface area contributed by atoms with Crippen LogP contribution in [0, 0.1) is 3.70 Å². The average molecular weight is 287 g/mol. The van der Waals surface area contributed by atoms with Crippen LogP contribution in [0.5, 0.6) is 0 Å². The molecule has 5 heteroatoms. The summed E-state index contributed by atoms with van der Waals surface area (Å²) in [5, 5.41) is 4.50. The van der Waals surface area contributed by atoms with E-state index in [2.05, 4.69) is 32.7 Å². The first kappa shape index (κ1) is 8.61. The van der Waals surface area contributed by atoms with E-state index in [1.54, 1.807) is 19.3 Å². The van der Waals surface area contributed by atoms with Gasteiger partial charge < -0.3 is 0 Å². The summed E-state index contributed by atoms with van der Waals surface area (Å²) < 4.78 is 2.16. The second kappa shape index (κ2) is 3.06. The maximum absolute atomic E-state index is 11.5. The van der Waals surface area contributed by atoms with Crippen LogP contribution in [-0.4, -0.2) is 14.8 Å². The first-order chi connectivity index (χ1) is 6.18. The number of rotatable bonds is 0. The number of aryl methyl sites for hydroxylation is 1. The second-order valence-corrected chi connectivity index (χ2v) is 3.75. The van der Waals surface area contributed by atoms with Crippen molar-refractivity contribution in [3.8, 4) is 0 Å². The molecule has 13 heavy (non-hydrogen) atoms.